The summed E-state index contributed by atoms with van der Waals surface area (Å²) in [6.45, 7) is 3.95. The van der Waals surface area contributed by atoms with Crippen LogP contribution in [0.15, 0.2) is 46.7 Å². The average molecular weight is 462 g/mol. The van der Waals surface area contributed by atoms with Gasteiger partial charge >= 0.3 is 0 Å². The van der Waals surface area contributed by atoms with Crippen LogP contribution in [0.3, 0.4) is 0 Å². The third-order valence-corrected chi connectivity index (χ3v) is 9.03. The number of benzene rings is 1. The molecule has 0 unspecified atom stereocenters. The molecule has 0 N–H and O–H groups in total. The van der Waals surface area contributed by atoms with E-state index in [-0.39, 0.29) is 48.7 Å². The monoisotopic (exact) mass is 461 g/mol. The number of rotatable bonds is 5. The van der Waals surface area contributed by atoms with Gasteiger partial charge < -0.3 is 9.80 Å². The van der Waals surface area contributed by atoms with E-state index in [9.17, 15) is 18.0 Å². The molecule has 2 aliphatic rings. The maximum atomic E-state index is 12.7. The lowest BCUT2D eigenvalue weighted by Gasteiger charge is -2.35. The fourth-order valence-electron chi connectivity index (χ4n) is 4.29. The molecule has 1 fully saturated rings. The van der Waals surface area contributed by atoms with Gasteiger partial charge in [0.05, 0.1) is 10.9 Å². The fraction of sp³-hybridized carbons (Fsp3) is 0.455. The van der Waals surface area contributed by atoms with E-state index >= 15 is 0 Å². The molecule has 2 aliphatic heterocycles. The summed E-state index contributed by atoms with van der Waals surface area (Å²) in [5, 5.41) is 2.07. The van der Waals surface area contributed by atoms with Gasteiger partial charge in [-0.1, -0.05) is 18.2 Å². The molecule has 0 aliphatic carbocycles. The van der Waals surface area contributed by atoms with Crippen LogP contribution < -0.4 is 0 Å². The Bertz CT molecular complexity index is 1040. The molecule has 1 saturated heterocycles. The predicted octanol–water partition coefficient (Wildman–Crippen LogP) is 2.51. The minimum Gasteiger partial charge on any atom is -0.340 e. The van der Waals surface area contributed by atoms with Crippen molar-refractivity contribution in [2.75, 3.05) is 32.7 Å². The maximum Gasteiger partial charge on any atom is 0.243 e. The van der Waals surface area contributed by atoms with Crippen molar-refractivity contribution in [3.63, 3.8) is 0 Å². The summed E-state index contributed by atoms with van der Waals surface area (Å²) in [6, 6.07) is 10.5. The second-order valence-corrected chi connectivity index (χ2v) is 10.8. The van der Waals surface area contributed by atoms with Crippen molar-refractivity contribution in [2.24, 2.45) is 0 Å². The van der Waals surface area contributed by atoms with Crippen molar-refractivity contribution in [1.29, 1.82) is 0 Å². The van der Waals surface area contributed by atoms with E-state index < -0.39 is 10.0 Å². The Labute approximate surface area is 187 Å². The molecule has 1 aromatic carbocycles. The molecule has 0 spiro atoms. The molecule has 31 heavy (non-hydrogen) atoms. The lowest BCUT2D eigenvalue weighted by Crippen LogP contribution is -2.50. The fourth-order valence-corrected chi connectivity index (χ4v) is 6.69. The van der Waals surface area contributed by atoms with Crippen molar-refractivity contribution >= 4 is 33.2 Å². The average Bonchev–Trinajstić information content (AvgIpc) is 3.28. The number of hydrogen-bond donors (Lipinski definition) is 0. The number of fused-ring (bicyclic) bond motifs is 1. The summed E-state index contributed by atoms with van der Waals surface area (Å²) in [5.74, 6) is -0.0889. The van der Waals surface area contributed by atoms with E-state index in [0.717, 1.165) is 6.42 Å². The first-order valence-electron chi connectivity index (χ1n) is 10.6. The second-order valence-electron chi connectivity index (χ2n) is 7.91. The highest BCUT2D eigenvalue weighted by Gasteiger charge is 2.31. The van der Waals surface area contributed by atoms with E-state index in [4.69, 9.17) is 0 Å². The summed E-state index contributed by atoms with van der Waals surface area (Å²) < 4.78 is 26.9. The van der Waals surface area contributed by atoms with E-state index in [1.807, 2.05) is 11.8 Å². The third-order valence-electron chi connectivity index (χ3n) is 6.12. The summed E-state index contributed by atoms with van der Waals surface area (Å²) in [6.07, 6.45) is 1.21. The van der Waals surface area contributed by atoms with Crippen molar-refractivity contribution in [3.05, 3.63) is 52.2 Å². The first-order chi connectivity index (χ1) is 14.9. The standard InChI is InChI=1S/C22H27N3O4S2/c1-17-19-10-16-30-20(19)9-11-25(17)22(27)8-7-21(26)23-12-14-24(15-13-23)31(28,29)18-5-3-2-4-6-18/h2-6,10,16-17H,7-9,11-15H2,1H3/t17-/m0/s1. The highest BCUT2D eigenvalue weighted by molar-refractivity contribution is 7.89. The molecule has 0 radical (unpaired) electrons. The molecular formula is C22H27N3O4S2. The zero-order valence-electron chi connectivity index (χ0n) is 17.6. The number of amides is 2. The SMILES string of the molecule is C[C@H]1c2ccsc2CCN1C(=O)CCC(=O)N1CCN(S(=O)(=O)c2ccccc2)CC1. The number of hydrogen-bond acceptors (Lipinski definition) is 5. The van der Waals surface area contributed by atoms with Crippen LogP contribution in [0.25, 0.3) is 0 Å². The number of thiophene rings is 1. The van der Waals surface area contributed by atoms with Gasteiger partial charge in [-0.2, -0.15) is 4.31 Å². The van der Waals surface area contributed by atoms with Crippen LogP contribution in [-0.4, -0.2) is 67.1 Å². The molecule has 0 saturated carbocycles. The van der Waals surface area contributed by atoms with Crippen LogP contribution in [0.1, 0.15) is 36.2 Å². The second kappa shape index (κ2) is 9.10. The Morgan fingerprint density at radius 2 is 1.65 bits per heavy atom. The Morgan fingerprint density at radius 3 is 2.35 bits per heavy atom. The van der Waals surface area contributed by atoms with Crippen molar-refractivity contribution in [3.8, 4) is 0 Å². The van der Waals surface area contributed by atoms with E-state index in [2.05, 4.69) is 11.4 Å². The Hall–Kier alpha value is -2.23. The molecule has 1 atom stereocenters. The molecule has 0 bridgehead atoms. The van der Waals surface area contributed by atoms with E-state index in [1.54, 1.807) is 46.6 Å². The van der Waals surface area contributed by atoms with Crippen molar-refractivity contribution in [1.82, 2.24) is 14.1 Å². The van der Waals surface area contributed by atoms with Crippen LogP contribution in [0, 0.1) is 0 Å². The molecule has 166 valence electrons. The van der Waals surface area contributed by atoms with Gasteiger partial charge in [-0.3, -0.25) is 9.59 Å². The van der Waals surface area contributed by atoms with Gasteiger partial charge in [-0.25, -0.2) is 8.42 Å². The zero-order valence-corrected chi connectivity index (χ0v) is 19.2. The number of sulfonamides is 1. The molecule has 3 heterocycles. The number of carbonyl (C=O) groups is 2. The van der Waals surface area contributed by atoms with E-state index in [0.29, 0.717) is 19.6 Å². The number of nitrogens with zero attached hydrogens (tertiary/aromatic N) is 3. The normalized spacial score (nSPS) is 19.8. The van der Waals surface area contributed by atoms with Gasteiger partial charge in [-0.15, -0.1) is 11.3 Å². The van der Waals surface area contributed by atoms with Gasteiger partial charge in [0.15, 0.2) is 0 Å². The van der Waals surface area contributed by atoms with Crippen LogP contribution in [0.2, 0.25) is 0 Å². The lowest BCUT2D eigenvalue weighted by molar-refractivity contribution is -0.139. The van der Waals surface area contributed by atoms with Gasteiger partial charge in [0.2, 0.25) is 21.8 Å². The van der Waals surface area contributed by atoms with Crippen LogP contribution >= 0.6 is 11.3 Å². The smallest absolute Gasteiger partial charge is 0.243 e. The maximum absolute atomic E-state index is 12.7. The van der Waals surface area contributed by atoms with Gasteiger partial charge in [0, 0.05) is 50.4 Å². The Kier molecular flexibility index (Phi) is 6.45. The number of carbonyl (C=O) groups excluding carboxylic acids is 2. The largest absolute Gasteiger partial charge is 0.340 e. The van der Waals surface area contributed by atoms with Gasteiger partial charge in [0.1, 0.15) is 0 Å². The predicted molar refractivity (Wildman–Crippen MR) is 119 cm³/mol. The Balaban J connectivity index is 1.27. The highest BCUT2D eigenvalue weighted by Crippen LogP contribution is 2.33. The molecule has 2 aromatic rings. The van der Waals surface area contributed by atoms with Gasteiger partial charge in [0.25, 0.3) is 0 Å². The summed E-state index contributed by atoms with van der Waals surface area (Å²) in [7, 11) is -3.54. The quantitative estimate of drug-likeness (QED) is 0.686. The Morgan fingerprint density at radius 1 is 0.968 bits per heavy atom. The van der Waals surface area contributed by atoms with Crippen LogP contribution in [-0.2, 0) is 26.0 Å². The van der Waals surface area contributed by atoms with Crippen LogP contribution in [0.4, 0.5) is 0 Å². The van der Waals surface area contributed by atoms with Crippen molar-refractivity contribution < 1.29 is 18.0 Å². The van der Waals surface area contributed by atoms with Gasteiger partial charge in [-0.05, 0) is 42.5 Å². The molecular weight excluding hydrogens is 434 g/mol. The third kappa shape index (κ3) is 4.53. The molecule has 2 amide bonds. The first kappa shape index (κ1) is 22.0. The topological polar surface area (TPSA) is 78.0 Å². The molecule has 7 nitrogen and oxygen atoms in total. The minimum atomic E-state index is -3.54. The van der Waals surface area contributed by atoms with Crippen molar-refractivity contribution in [2.45, 2.75) is 37.1 Å². The van der Waals surface area contributed by atoms with E-state index in [1.165, 1.54) is 14.7 Å². The minimum absolute atomic E-state index is 0.00277. The number of piperazine rings is 1. The molecule has 1 aromatic heterocycles. The molecule has 9 heteroatoms. The first-order valence-corrected chi connectivity index (χ1v) is 12.9. The summed E-state index contributed by atoms with van der Waals surface area (Å²) >= 11 is 1.73. The lowest BCUT2D eigenvalue weighted by atomic mass is 10.0. The zero-order chi connectivity index (χ0) is 22.0. The van der Waals surface area contributed by atoms with Crippen LogP contribution in [0.5, 0.6) is 0 Å². The summed E-state index contributed by atoms with van der Waals surface area (Å²) in [5.41, 5.74) is 1.21. The highest BCUT2D eigenvalue weighted by atomic mass is 32.2. The summed E-state index contributed by atoms with van der Waals surface area (Å²) in [4.78, 5) is 30.5. The molecule has 4 rings (SSSR count).